The molecule has 2 aromatic rings. The second-order valence-electron chi connectivity index (χ2n) is 2.60. The number of imidazole rings is 1. The third kappa shape index (κ3) is 2.02. The average Bonchev–Trinajstić information content (AvgIpc) is 2.72. The molecule has 0 amide bonds. The van der Waals surface area contributed by atoms with Gasteiger partial charge in [0.05, 0.1) is 6.20 Å². The van der Waals surface area contributed by atoms with E-state index in [-0.39, 0.29) is 17.6 Å². The van der Waals surface area contributed by atoms with Crippen LogP contribution in [0.15, 0.2) is 16.4 Å². The molecule has 0 bridgehead atoms. The maximum Gasteiger partial charge on any atom is 0.250 e. The molecule has 2 aromatic heterocycles. The number of nitrogens with two attached hydrogens (primary N) is 3. The first-order valence-electron chi connectivity index (χ1n) is 3.89. The summed E-state index contributed by atoms with van der Waals surface area (Å²) >= 11 is 1.22. The van der Waals surface area contributed by atoms with Crippen molar-refractivity contribution in [3.63, 3.8) is 0 Å². The fourth-order valence-electron chi connectivity index (χ4n) is 0.847. The molecule has 2 rings (SSSR count). The molecule has 78 valence electrons. The Morgan fingerprint density at radius 1 is 1.27 bits per heavy atom. The Morgan fingerprint density at radius 2 is 2.07 bits per heavy atom. The van der Waals surface area contributed by atoms with Gasteiger partial charge in [-0.3, -0.25) is 0 Å². The number of nitrogens with one attached hydrogen (secondary N) is 1. The van der Waals surface area contributed by atoms with Crippen LogP contribution in [0.1, 0.15) is 0 Å². The second kappa shape index (κ2) is 3.53. The van der Waals surface area contributed by atoms with Crippen molar-refractivity contribution in [1.82, 2.24) is 15.0 Å². The van der Waals surface area contributed by atoms with Crippen LogP contribution in [0.4, 0.5) is 27.7 Å². The van der Waals surface area contributed by atoms with E-state index in [1.807, 2.05) is 0 Å². The van der Waals surface area contributed by atoms with E-state index in [1.165, 1.54) is 17.5 Å². The maximum atomic E-state index is 5.47. The van der Waals surface area contributed by atoms with Crippen molar-refractivity contribution < 1.29 is 0 Å². The van der Waals surface area contributed by atoms with Crippen LogP contribution in [0, 0.1) is 0 Å². The first-order chi connectivity index (χ1) is 7.15. The van der Waals surface area contributed by atoms with E-state index in [4.69, 9.17) is 17.2 Å². The monoisotopic (exact) mass is 224 g/mol. The Hall–Kier alpha value is -2.16. The van der Waals surface area contributed by atoms with Gasteiger partial charge in [-0.15, -0.1) is 10.2 Å². The molecule has 2 heterocycles. The number of aromatic amines is 1. The standard InChI is InChI=1S/C6H8N8S/c7-2-1-10-6(15-2)14-13-5-11-3(8)4(9)12-5/h1H,7-9H2,(H,11,12)/b14-13+. The van der Waals surface area contributed by atoms with Crippen LogP contribution in [-0.4, -0.2) is 15.0 Å². The lowest BCUT2D eigenvalue weighted by Crippen LogP contribution is -1.91. The number of anilines is 3. The van der Waals surface area contributed by atoms with Gasteiger partial charge < -0.3 is 22.2 Å². The number of nitrogen functional groups attached to an aromatic ring is 3. The zero-order chi connectivity index (χ0) is 10.8. The molecular formula is C6H8N8S. The van der Waals surface area contributed by atoms with Gasteiger partial charge in [-0.2, -0.15) is 4.98 Å². The van der Waals surface area contributed by atoms with Gasteiger partial charge in [0.25, 0.3) is 5.95 Å². The van der Waals surface area contributed by atoms with E-state index in [0.29, 0.717) is 10.1 Å². The Kier molecular flexibility index (Phi) is 2.21. The summed E-state index contributed by atoms with van der Waals surface area (Å²) in [6, 6.07) is 0. The molecule has 8 nitrogen and oxygen atoms in total. The Labute approximate surface area is 88.2 Å². The second-order valence-corrected chi connectivity index (χ2v) is 3.65. The quantitative estimate of drug-likeness (QED) is 0.563. The molecule has 0 aliphatic rings. The lowest BCUT2D eigenvalue weighted by Gasteiger charge is -1.81. The van der Waals surface area contributed by atoms with E-state index < -0.39 is 0 Å². The van der Waals surface area contributed by atoms with Crippen molar-refractivity contribution >= 4 is 39.1 Å². The molecule has 0 saturated heterocycles. The topological polar surface area (TPSA) is 144 Å². The van der Waals surface area contributed by atoms with Crippen molar-refractivity contribution in [3.05, 3.63) is 6.20 Å². The van der Waals surface area contributed by atoms with E-state index in [2.05, 4.69) is 25.2 Å². The zero-order valence-electron chi connectivity index (χ0n) is 7.51. The van der Waals surface area contributed by atoms with Gasteiger partial charge in [0.1, 0.15) is 10.8 Å². The maximum absolute atomic E-state index is 5.47. The van der Waals surface area contributed by atoms with Gasteiger partial charge in [-0.05, 0) is 0 Å². The van der Waals surface area contributed by atoms with Crippen molar-refractivity contribution in [2.75, 3.05) is 17.2 Å². The normalized spacial score (nSPS) is 11.2. The summed E-state index contributed by atoms with van der Waals surface area (Å²) in [7, 11) is 0. The molecule has 0 aromatic carbocycles. The van der Waals surface area contributed by atoms with Crippen molar-refractivity contribution in [2.45, 2.75) is 0 Å². The molecular weight excluding hydrogens is 216 g/mol. The lowest BCUT2D eigenvalue weighted by molar-refractivity contribution is 1.11. The number of hydrogen-bond donors (Lipinski definition) is 4. The summed E-state index contributed by atoms with van der Waals surface area (Å²) in [5, 5.41) is 8.58. The van der Waals surface area contributed by atoms with Crippen LogP contribution in [0.2, 0.25) is 0 Å². The number of aromatic nitrogens is 3. The summed E-state index contributed by atoms with van der Waals surface area (Å²) in [4.78, 5) is 10.4. The molecule has 0 aliphatic carbocycles. The predicted octanol–water partition coefficient (Wildman–Crippen LogP) is 1.03. The molecule has 0 spiro atoms. The molecule has 0 unspecified atom stereocenters. The number of H-pyrrole nitrogens is 1. The summed E-state index contributed by atoms with van der Waals surface area (Å²) in [6.07, 6.45) is 1.50. The number of azo groups is 1. The Bertz CT molecular complexity index is 477. The van der Waals surface area contributed by atoms with Crippen LogP contribution in [0.3, 0.4) is 0 Å². The SMILES string of the molecule is Nc1cnc(/N=N/c2nc(N)c(N)[nH]2)s1. The van der Waals surface area contributed by atoms with E-state index in [0.717, 1.165) is 0 Å². The fourth-order valence-corrected chi connectivity index (χ4v) is 1.35. The highest BCUT2D eigenvalue weighted by Crippen LogP contribution is 2.24. The highest BCUT2D eigenvalue weighted by molar-refractivity contribution is 7.18. The number of hydrogen-bond acceptors (Lipinski definition) is 8. The molecule has 0 fully saturated rings. The summed E-state index contributed by atoms with van der Waals surface area (Å²) in [6.45, 7) is 0. The van der Waals surface area contributed by atoms with Gasteiger partial charge in [-0.25, -0.2) is 4.98 Å². The molecule has 0 saturated carbocycles. The van der Waals surface area contributed by atoms with Crippen LogP contribution < -0.4 is 17.2 Å². The molecule has 0 atom stereocenters. The summed E-state index contributed by atoms with van der Waals surface area (Å²) < 4.78 is 0. The highest BCUT2D eigenvalue weighted by Gasteiger charge is 2.02. The van der Waals surface area contributed by atoms with Gasteiger partial charge in [-0.1, -0.05) is 11.3 Å². The molecule has 0 aliphatic heterocycles. The smallest absolute Gasteiger partial charge is 0.250 e. The molecule has 9 heteroatoms. The van der Waals surface area contributed by atoms with E-state index in [1.54, 1.807) is 0 Å². The van der Waals surface area contributed by atoms with Crippen molar-refractivity contribution in [1.29, 1.82) is 0 Å². The number of rotatable bonds is 2. The largest absolute Gasteiger partial charge is 0.389 e. The van der Waals surface area contributed by atoms with Crippen LogP contribution in [-0.2, 0) is 0 Å². The minimum atomic E-state index is 0.197. The van der Waals surface area contributed by atoms with Gasteiger partial charge in [0.2, 0.25) is 5.13 Å². The van der Waals surface area contributed by atoms with Gasteiger partial charge >= 0.3 is 0 Å². The fraction of sp³-hybridized carbons (Fsp3) is 0. The summed E-state index contributed by atoms with van der Waals surface area (Å²) in [5.41, 5.74) is 16.3. The van der Waals surface area contributed by atoms with Gasteiger partial charge in [0.15, 0.2) is 5.82 Å². The molecule has 7 N–H and O–H groups in total. The summed E-state index contributed by atoms with van der Waals surface area (Å²) in [5.74, 6) is 0.698. The molecule has 0 radical (unpaired) electrons. The number of thiazole rings is 1. The van der Waals surface area contributed by atoms with Crippen LogP contribution in [0.5, 0.6) is 0 Å². The average molecular weight is 224 g/mol. The third-order valence-corrected chi connectivity index (χ3v) is 2.20. The van der Waals surface area contributed by atoms with Crippen LogP contribution >= 0.6 is 11.3 Å². The van der Waals surface area contributed by atoms with E-state index >= 15 is 0 Å². The molecule has 15 heavy (non-hydrogen) atoms. The van der Waals surface area contributed by atoms with Crippen molar-refractivity contribution in [2.24, 2.45) is 10.2 Å². The van der Waals surface area contributed by atoms with Crippen LogP contribution in [0.25, 0.3) is 0 Å². The Balaban J connectivity index is 2.18. The van der Waals surface area contributed by atoms with Gasteiger partial charge in [0, 0.05) is 0 Å². The van der Waals surface area contributed by atoms with Crippen molar-refractivity contribution in [3.8, 4) is 0 Å². The predicted molar refractivity (Wildman–Crippen MR) is 58.1 cm³/mol. The minimum Gasteiger partial charge on any atom is -0.389 e. The Morgan fingerprint density at radius 3 is 2.60 bits per heavy atom. The van der Waals surface area contributed by atoms with E-state index in [9.17, 15) is 0 Å². The number of nitrogens with zero attached hydrogens (tertiary/aromatic N) is 4. The lowest BCUT2D eigenvalue weighted by atomic mass is 10.7. The first kappa shape index (κ1) is 9.40. The minimum absolute atomic E-state index is 0.197. The third-order valence-electron chi connectivity index (χ3n) is 1.49. The first-order valence-corrected chi connectivity index (χ1v) is 4.71. The zero-order valence-corrected chi connectivity index (χ0v) is 8.32. The highest BCUT2D eigenvalue weighted by atomic mass is 32.1.